The maximum Gasteiger partial charge on any atom is 0.188 e. The van der Waals surface area contributed by atoms with Gasteiger partial charge in [0.15, 0.2) is 5.13 Å². The Morgan fingerprint density at radius 1 is 1.14 bits per heavy atom. The maximum absolute atomic E-state index is 5.99. The smallest absolute Gasteiger partial charge is 0.188 e. The molecule has 0 spiro atoms. The number of rotatable bonds is 4. The third-order valence-electron chi connectivity index (χ3n) is 2.83. The Morgan fingerprint density at radius 3 is 2.62 bits per heavy atom. The number of halogens is 1. The third kappa shape index (κ3) is 3.46. The van der Waals surface area contributed by atoms with Crippen molar-refractivity contribution in [3.8, 4) is 5.75 Å². The SMILES string of the molecule is CC(C)Oc1ccc(Nc2nc3ccc(Cl)cc3s2)cc1. The summed E-state index contributed by atoms with van der Waals surface area (Å²) < 4.78 is 6.70. The first kappa shape index (κ1) is 14.2. The van der Waals surface area contributed by atoms with Crippen molar-refractivity contribution < 1.29 is 4.74 Å². The Kier molecular flexibility index (Phi) is 3.99. The number of ether oxygens (including phenoxy) is 1. The van der Waals surface area contributed by atoms with Crippen LogP contribution >= 0.6 is 22.9 Å². The molecule has 1 N–H and O–H groups in total. The molecule has 0 fully saturated rings. The van der Waals surface area contributed by atoms with Crippen molar-refractivity contribution in [1.29, 1.82) is 0 Å². The van der Waals surface area contributed by atoms with Gasteiger partial charge in [0.2, 0.25) is 0 Å². The minimum atomic E-state index is 0.179. The van der Waals surface area contributed by atoms with Gasteiger partial charge in [-0.05, 0) is 56.3 Å². The largest absolute Gasteiger partial charge is 0.491 e. The van der Waals surface area contributed by atoms with E-state index in [1.807, 2.05) is 56.3 Å². The van der Waals surface area contributed by atoms with E-state index >= 15 is 0 Å². The number of anilines is 2. The van der Waals surface area contributed by atoms with E-state index in [4.69, 9.17) is 16.3 Å². The number of nitrogens with one attached hydrogen (secondary N) is 1. The summed E-state index contributed by atoms with van der Waals surface area (Å²) in [4.78, 5) is 4.54. The van der Waals surface area contributed by atoms with Crippen LogP contribution in [-0.4, -0.2) is 11.1 Å². The molecule has 1 heterocycles. The van der Waals surface area contributed by atoms with Crippen molar-refractivity contribution in [3.63, 3.8) is 0 Å². The monoisotopic (exact) mass is 318 g/mol. The van der Waals surface area contributed by atoms with Crippen LogP contribution in [0.25, 0.3) is 10.2 Å². The van der Waals surface area contributed by atoms with Crippen molar-refractivity contribution in [1.82, 2.24) is 4.98 Å². The Balaban J connectivity index is 1.78. The van der Waals surface area contributed by atoms with E-state index in [1.54, 1.807) is 11.3 Å². The lowest BCUT2D eigenvalue weighted by Gasteiger charge is -2.10. The van der Waals surface area contributed by atoms with E-state index in [9.17, 15) is 0 Å². The zero-order valence-electron chi connectivity index (χ0n) is 11.8. The highest BCUT2D eigenvalue weighted by molar-refractivity contribution is 7.22. The summed E-state index contributed by atoms with van der Waals surface area (Å²) in [5.41, 5.74) is 1.93. The molecule has 108 valence electrons. The molecule has 0 aliphatic carbocycles. The van der Waals surface area contributed by atoms with Crippen molar-refractivity contribution in [2.45, 2.75) is 20.0 Å². The van der Waals surface area contributed by atoms with E-state index in [1.165, 1.54) is 0 Å². The molecule has 1 aromatic heterocycles. The predicted molar refractivity (Wildman–Crippen MR) is 90.1 cm³/mol. The van der Waals surface area contributed by atoms with E-state index in [0.717, 1.165) is 31.8 Å². The molecular weight excluding hydrogens is 304 g/mol. The molecule has 2 aromatic carbocycles. The minimum absolute atomic E-state index is 0.179. The summed E-state index contributed by atoms with van der Waals surface area (Å²) in [6, 6.07) is 13.6. The molecule has 0 aliphatic heterocycles. The molecule has 0 saturated heterocycles. The van der Waals surface area contributed by atoms with Gasteiger partial charge in [-0.25, -0.2) is 4.98 Å². The van der Waals surface area contributed by atoms with Gasteiger partial charge in [-0.15, -0.1) is 0 Å². The first-order chi connectivity index (χ1) is 10.1. The molecule has 0 aliphatic rings. The van der Waals surface area contributed by atoms with Crippen LogP contribution in [0.2, 0.25) is 5.02 Å². The molecular formula is C16H15ClN2OS. The second-order valence-electron chi connectivity index (χ2n) is 4.95. The van der Waals surface area contributed by atoms with Crippen LogP contribution < -0.4 is 10.1 Å². The van der Waals surface area contributed by atoms with Gasteiger partial charge in [0, 0.05) is 10.7 Å². The van der Waals surface area contributed by atoms with Crippen LogP contribution in [-0.2, 0) is 0 Å². The van der Waals surface area contributed by atoms with Gasteiger partial charge in [-0.3, -0.25) is 0 Å². The molecule has 0 atom stereocenters. The van der Waals surface area contributed by atoms with Crippen molar-refractivity contribution in [2.75, 3.05) is 5.32 Å². The fourth-order valence-electron chi connectivity index (χ4n) is 1.96. The van der Waals surface area contributed by atoms with E-state index in [-0.39, 0.29) is 6.10 Å². The van der Waals surface area contributed by atoms with Crippen molar-refractivity contribution in [3.05, 3.63) is 47.5 Å². The van der Waals surface area contributed by atoms with Gasteiger partial charge in [0.1, 0.15) is 5.75 Å². The zero-order chi connectivity index (χ0) is 14.8. The number of fused-ring (bicyclic) bond motifs is 1. The number of hydrogen-bond acceptors (Lipinski definition) is 4. The summed E-state index contributed by atoms with van der Waals surface area (Å²) in [5.74, 6) is 0.867. The zero-order valence-corrected chi connectivity index (χ0v) is 13.3. The van der Waals surface area contributed by atoms with Crippen molar-refractivity contribution in [2.24, 2.45) is 0 Å². The maximum atomic E-state index is 5.99. The van der Waals surface area contributed by atoms with Gasteiger partial charge >= 0.3 is 0 Å². The Hall–Kier alpha value is -1.78. The first-order valence-electron chi connectivity index (χ1n) is 6.70. The lowest BCUT2D eigenvalue weighted by molar-refractivity contribution is 0.242. The van der Waals surface area contributed by atoms with Crippen molar-refractivity contribution >= 4 is 44.0 Å². The number of nitrogens with zero attached hydrogens (tertiary/aromatic N) is 1. The van der Waals surface area contributed by atoms with Gasteiger partial charge in [0.05, 0.1) is 16.3 Å². The summed E-state index contributed by atoms with van der Waals surface area (Å²) in [6.45, 7) is 4.02. The topological polar surface area (TPSA) is 34.1 Å². The fourth-order valence-corrected chi connectivity index (χ4v) is 3.13. The highest BCUT2D eigenvalue weighted by atomic mass is 35.5. The molecule has 3 rings (SSSR count). The Labute approximate surface area is 132 Å². The van der Waals surface area contributed by atoms with E-state index in [2.05, 4.69) is 10.3 Å². The lowest BCUT2D eigenvalue weighted by Crippen LogP contribution is -2.05. The number of hydrogen-bond donors (Lipinski definition) is 1. The van der Waals surface area contributed by atoms with E-state index in [0.29, 0.717) is 0 Å². The molecule has 0 amide bonds. The fraction of sp³-hybridized carbons (Fsp3) is 0.188. The summed E-state index contributed by atoms with van der Waals surface area (Å²) in [6.07, 6.45) is 0.179. The minimum Gasteiger partial charge on any atom is -0.491 e. The summed E-state index contributed by atoms with van der Waals surface area (Å²) in [5, 5.41) is 4.88. The molecule has 3 aromatic rings. The van der Waals surface area contributed by atoms with E-state index < -0.39 is 0 Å². The molecule has 0 unspecified atom stereocenters. The predicted octanol–water partition coefficient (Wildman–Crippen LogP) is 5.48. The lowest BCUT2D eigenvalue weighted by atomic mass is 10.3. The highest BCUT2D eigenvalue weighted by Gasteiger charge is 2.05. The van der Waals surface area contributed by atoms with Gasteiger partial charge in [-0.1, -0.05) is 22.9 Å². The molecule has 21 heavy (non-hydrogen) atoms. The molecule has 0 bridgehead atoms. The molecule has 0 radical (unpaired) electrons. The summed E-state index contributed by atoms with van der Waals surface area (Å²) in [7, 11) is 0. The second kappa shape index (κ2) is 5.92. The second-order valence-corrected chi connectivity index (χ2v) is 6.41. The quantitative estimate of drug-likeness (QED) is 0.691. The van der Waals surface area contributed by atoms with Gasteiger partial charge in [0.25, 0.3) is 0 Å². The molecule has 5 heteroatoms. The average Bonchev–Trinajstić information content (AvgIpc) is 2.82. The Morgan fingerprint density at radius 2 is 1.90 bits per heavy atom. The standard InChI is InChI=1S/C16H15ClN2OS/c1-10(2)20-13-6-4-12(5-7-13)18-16-19-14-8-3-11(17)9-15(14)21-16/h3-10H,1-2H3,(H,18,19). The number of aromatic nitrogens is 1. The van der Waals surface area contributed by atoms with Crippen LogP contribution in [0, 0.1) is 0 Å². The van der Waals surface area contributed by atoms with Crippen LogP contribution in [0.15, 0.2) is 42.5 Å². The number of benzene rings is 2. The normalized spacial score (nSPS) is 11.0. The molecule has 0 saturated carbocycles. The van der Waals surface area contributed by atoms with Crippen LogP contribution in [0.1, 0.15) is 13.8 Å². The Bertz CT molecular complexity index is 753. The third-order valence-corrected chi connectivity index (χ3v) is 4.00. The highest BCUT2D eigenvalue weighted by Crippen LogP contribution is 2.30. The summed E-state index contributed by atoms with van der Waals surface area (Å²) >= 11 is 7.57. The van der Waals surface area contributed by atoms with Crippen LogP contribution in [0.5, 0.6) is 5.75 Å². The molecule has 3 nitrogen and oxygen atoms in total. The van der Waals surface area contributed by atoms with Crippen LogP contribution in [0.4, 0.5) is 10.8 Å². The van der Waals surface area contributed by atoms with Gasteiger partial charge in [-0.2, -0.15) is 0 Å². The first-order valence-corrected chi connectivity index (χ1v) is 7.89. The average molecular weight is 319 g/mol. The number of thiazole rings is 1. The van der Waals surface area contributed by atoms with Crippen LogP contribution in [0.3, 0.4) is 0 Å². The van der Waals surface area contributed by atoms with Gasteiger partial charge < -0.3 is 10.1 Å².